The molecule has 0 saturated carbocycles. The molecule has 0 aliphatic carbocycles. The highest BCUT2D eigenvalue weighted by Crippen LogP contribution is 2.50. The normalized spacial score (nSPS) is 14.0. The third-order valence-corrected chi connectivity index (χ3v) is 5.20. The SMILES string of the molecule is CCC(C(=O)O)N(O)C(=O)CNC(c1ccc(F)cc1)P(C)(C)=O. The monoisotopic (exact) mass is 360 g/mol. The van der Waals surface area contributed by atoms with Gasteiger partial charge in [-0.05, 0) is 37.4 Å². The molecule has 3 N–H and O–H groups in total. The second-order valence-electron chi connectivity index (χ2n) is 5.77. The number of hydroxylamine groups is 2. The van der Waals surface area contributed by atoms with Crippen LogP contribution < -0.4 is 5.32 Å². The lowest BCUT2D eigenvalue weighted by Crippen LogP contribution is -2.46. The molecule has 1 aromatic rings. The molecule has 2 atom stereocenters. The van der Waals surface area contributed by atoms with Crippen molar-refractivity contribution < 1.29 is 28.9 Å². The molecule has 0 radical (unpaired) electrons. The van der Waals surface area contributed by atoms with Crippen molar-refractivity contribution in [3.63, 3.8) is 0 Å². The van der Waals surface area contributed by atoms with E-state index in [-0.39, 0.29) is 11.5 Å². The van der Waals surface area contributed by atoms with Crippen LogP contribution >= 0.6 is 7.14 Å². The standard InChI is InChI=1S/C15H22FN2O5P/c1-4-12(15(20)21)18(22)13(19)9-17-14(24(2,3)23)10-5-7-11(16)8-6-10/h5-8,12,14,17,22H,4,9H2,1-3H3,(H,20,21). The van der Waals surface area contributed by atoms with Gasteiger partial charge < -0.3 is 9.67 Å². The maximum absolute atomic E-state index is 13.0. The Bertz CT molecular complexity index is 631. The van der Waals surface area contributed by atoms with Gasteiger partial charge in [0.05, 0.1) is 12.3 Å². The molecule has 1 rings (SSSR count). The lowest BCUT2D eigenvalue weighted by molar-refractivity contribution is -0.185. The van der Waals surface area contributed by atoms with Gasteiger partial charge in [-0.25, -0.2) is 14.2 Å². The van der Waals surface area contributed by atoms with Crippen molar-refractivity contribution in [1.82, 2.24) is 10.4 Å². The number of halogens is 1. The summed E-state index contributed by atoms with van der Waals surface area (Å²) in [5.41, 5.74) is 0.535. The molecule has 0 heterocycles. The topological polar surface area (TPSA) is 107 Å². The maximum Gasteiger partial charge on any atom is 0.329 e. The molecule has 134 valence electrons. The number of benzene rings is 1. The zero-order chi connectivity index (χ0) is 18.5. The quantitative estimate of drug-likeness (QED) is 0.372. The van der Waals surface area contributed by atoms with Crippen molar-refractivity contribution in [2.45, 2.75) is 25.2 Å². The minimum atomic E-state index is -2.75. The Morgan fingerprint density at radius 3 is 2.25 bits per heavy atom. The number of rotatable bonds is 8. The number of carbonyl (C=O) groups excluding carboxylic acids is 1. The Morgan fingerprint density at radius 2 is 1.83 bits per heavy atom. The molecule has 1 aromatic carbocycles. The van der Waals surface area contributed by atoms with E-state index < -0.39 is 43.2 Å². The van der Waals surface area contributed by atoms with E-state index in [9.17, 15) is 23.8 Å². The third-order valence-electron chi connectivity index (χ3n) is 3.48. The smallest absolute Gasteiger partial charge is 0.329 e. The minimum Gasteiger partial charge on any atom is -0.480 e. The van der Waals surface area contributed by atoms with Crippen LogP contribution in [0.2, 0.25) is 0 Å². The highest BCUT2D eigenvalue weighted by Gasteiger charge is 2.29. The van der Waals surface area contributed by atoms with Crippen LogP contribution in [0.15, 0.2) is 24.3 Å². The average molecular weight is 360 g/mol. The molecular weight excluding hydrogens is 338 g/mol. The summed E-state index contributed by atoms with van der Waals surface area (Å²) in [6.07, 6.45) is 0.0407. The lowest BCUT2D eigenvalue weighted by Gasteiger charge is -2.26. The van der Waals surface area contributed by atoms with Crippen molar-refractivity contribution >= 4 is 19.0 Å². The van der Waals surface area contributed by atoms with Crippen molar-refractivity contribution in [2.75, 3.05) is 19.9 Å². The van der Waals surface area contributed by atoms with Crippen molar-refractivity contribution in [3.05, 3.63) is 35.6 Å². The first-order valence-corrected chi connectivity index (χ1v) is 10.0. The van der Waals surface area contributed by atoms with Crippen LogP contribution in [0.25, 0.3) is 0 Å². The van der Waals surface area contributed by atoms with Crippen LogP contribution in [-0.2, 0) is 14.2 Å². The molecule has 0 aromatic heterocycles. The van der Waals surface area contributed by atoms with E-state index in [1.54, 1.807) is 0 Å². The van der Waals surface area contributed by atoms with Crippen LogP contribution in [0, 0.1) is 5.82 Å². The van der Waals surface area contributed by atoms with Crippen LogP contribution in [0.5, 0.6) is 0 Å². The summed E-state index contributed by atoms with van der Waals surface area (Å²) in [6.45, 7) is 4.15. The number of hydrogen-bond acceptors (Lipinski definition) is 5. The predicted octanol–water partition coefficient (Wildman–Crippen LogP) is 2.12. The van der Waals surface area contributed by atoms with E-state index in [0.29, 0.717) is 5.56 Å². The summed E-state index contributed by atoms with van der Waals surface area (Å²) in [4.78, 5) is 22.9. The van der Waals surface area contributed by atoms with Crippen LogP contribution in [0.1, 0.15) is 24.7 Å². The number of amides is 1. The Hall–Kier alpha value is -1.76. The fourth-order valence-corrected chi connectivity index (χ4v) is 3.65. The van der Waals surface area contributed by atoms with E-state index in [4.69, 9.17) is 5.11 Å². The van der Waals surface area contributed by atoms with Crippen LogP contribution in [0.4, 0.5) is 4.39 Å². The van der Waals surface area contributed by atoms with E-state index >= 15 is 0 Å². The van der Waals surface area contributed by atoms with E-state index in [1.165, 1.54) is 44.5 Å². The van der Waals surface area contributed by atoms with Gasteiger partial charge >= 0.3 is 5.97 Å². The molecule has 0 fully saturated rings. The molecule has 9 heteroatoms. The Labute approximate surface area is 139 Å². The summed E-state index contributed by atoms with van der Waals surface area (Å²) in [5, 5.41) is 21.6. The molecule has 2 unspecified atom stereocenters. The number of carboxylic acid groups (broad SMARTS) is 1. The molecule has 7 nitrogen and oxygen atoms in total. The van der Waals surface area contributed by atoms with Gasteiger partial charge in [0.1, 0.15) is 13.0 Å². The Morgan fingerprint density at radius 1 is 1.29 bits per heavy atom. The number of nitrogens with one attached hydrogen (secondary N) is 1. The lowest BCUT2D eigenvalue weighted by atomic mass is 10.2. The van der Waals surface area contributed by atoms with Gasteiger partial charge in [-0.2, -0.15) is 0 Å². The van der Waals surface area contributed by atoms with Crippen LogP contribution in [0.3, 0.4) is 0 Å². The summed E-state index contributed by atoms with van der Waals surface area (Å²) in [6, 6.07) is 4.01. The van der Waals surface area contributed by atoms with Gasteiger partial charge in [0, 0.05) is 0 Å². The van der Waals surface area contributed by atoms with Gasteiger partial charge in [-0.15, -0.1) is 0 Å². The van der Waals surface area contributed by atoms with Gasteiger partial charge in [-0.1, -0.05) is 19.1 Å². The van der Waals surface area contributed by atoms with Crippen molar-refractivity contribution in [1.29, 1.82) is 0 Å². The molecule has 0 bridgehead atoms. The highest BCUT2D eigenvalue weighted by molar-refractivity contribution is 7.62. The maximum atomic E-state index is 13.0. The van der Waals surface area contributed by atoms with Crippen molar-refractivity contribution in [2.24, 2.45) is 0 Å². The Balaban J connectivity index is 2.86. The zero-order valence-electron chi connectivity index (χ0n) is 13.8. The predicted molar refractivity (Wildman–Crippen MR) is 86.9 cm³/mol. The molecule has 0 saturated heterocycles. The molecule has 0 spiro atoms. The molecular formula is C15H22FN2O5P. The average Bonchev–Trinajstić information content (AvgIpc) is 2.47. The summed E-state index contributed by atoms with van der Waals surface area (Å²) >= 11 is 0. The minimum absolute atomic E-state index is 0.0407. The van der Waals surface area contributed by atoms with E-state index in [2.05, 4.69) is 5.32 Å². The summed E-state index contributed by atoms with van der Waals surface area (Å²) in [5.74, 6) is -3.34. The number of aliphatic carboxylic acids is 1. The zero-order valence-corrected chi connectivity index (χ0v) is 14.7. The van der Waals surface area contributed by atoms with Gasteiger partial charge in [-0.3, -0.25) is 15.3 Å². The molecule has 1 amide bonds. The van der Waals surface area contributed by atoms with E-state index in [0.717, 1.165) is 0 Å². The number of hydrogen-bond donors (Lipinski definition) is 3. The van der Waals surface area contributed by atoms with E-state index in [1.807, 2.05) is 0 Å². The van der Waals surface area contributed by atoms with Gasteiger partial charge in [0.15, 0.2) is 6.04 Å². The fraction of sp³-hybridized carbons (Fsp3) is 0.467. The van der Waals surface area contributed by atoms with Gasteiger partial charge in [0.25, 0.3) is 5.91 Å². The second-order valence-corrected chi connectivity index (χ2v) is 9.15. The first-order valence-electron chi connectivity index (χ1n) is 7.35. The third kappa shape index (κ3) is 5.40. The second kappa shape index (κ2) is 8.37. The molecule has 0 aliphatic rings. The number of carboxylic acids is 1. The largest absolute Gasteiger partial charge is 0.480 e. The first-order chi connectivity index (χ1) is 11.1. The first kappa shape index (κ1) is 20.3. The van der Waals surface area contributed by atoms with Crippen molar-refractivity contribution in [3.8, 4) is 0 Å². The fourth-order valence-electron chi connectivity index (χ4n) is 2.23. The van der Waals surface area contributed by atoms with Gasteiger partial charge in [0.2, 0.25) is 0 Å². The number of carbonyl (C=O) groups is 2. The van der Waals surface area contributed by atoms with Crippen LogP contribution in [-0.4, -0.2) is 53.2 Å². The number of nitrogens with zero attached hydrogens (tertiary/aromatic N) is 1. The molecule has 24 heavy (non-hydrogen) atoms. The summed E-state index contributed by atoms with van der Waals surface area (Å²) < 4.78 is 25.5. The Kier molecular flexibility index (Phi) is 7.08. The molecule has 0 aliphatic heterocycles. The highest BCUT2D eigenvalue weighted by atomic mass is 31.2. The summed E-state index contributed by atoms with van der Waals surface area (Å²) in [7, 11) is -2.75.